The molecular formula is C27H30N2O3S. The molecule has 1 aliphatic heterocycles. The van der Waals surface area contributed by atoms with E-state index in [1.165, 1.54) is 5.69 Å². The largest absolute Gasteiger partial charge is 0.489 e. The summed E-state index contributed by atoms with van der Waals surface area (Å²) in [4.78, 5) is 19.2. The first kappa shape index (κ1) is 22.1. The van der Waals surface area contributed by atoms with Crippen LogP contribution in [0.5, 0.6) is 5.75 Å². The number of carbonyl (C=O) groups excluding carboxylic acids is 1. The number of benzene rings is 2. The minimum atomic E-state index is -0.0736. The highest BCUT2D eigenvalue weighted by molar-refractivity contribution is 7.18. The fourth-order valence-corrected chi connectivity index (χ4v) is 5.70. The number of nitrogens with zero attached hydrogens (tertiary/aromatic N) is 2. The van der Waals surface area contributed by atoms with Crippen LogP contribution >= 0.6 is 11.3 Å². The van der Waals surface area contributed by atoms with Crippen molar-refractivity contribution in [2.45, 2.75) is 39.2 Å². The molecule has 1 aliphatic carbocycles. The van der Waals surface area contributed by atoms with Crippen molar-refractivity contribution in [1.29, 1.82) is 0 Å². The van der Waals surface area contributed by atoms with Crippen LogP contribution in [0.2, 0.25) is 0 Å². The zero-order valence-corrected chi connectivity index (χ0v) is 20.1. The van der Waals surface area contributed by atoms with Gasteiger partial charge in [0.15, 0.2) is 0 Å². The zero-order chi connectivity index (χ0) is 22.9. The van der Waals surface area contributed by atoms with Crippen molar-refractivity contribution in [3.8, 4) is 16.9 Å². The Morgan fingerprint density at radius 3 is 2.64 bits per heavy atom. The third kappa shape index (κ3) is 4.82. The van der Waals surface area contributed by atoms with E-state index in [1.54, 1.807) is 11.3 Å². The number of hydrogen-bond donors (Lipinski definition) is 0. The molecule has 2 heterocycles. The van der Waals surface area contributed by atoms with E-state index in [2.05, 4.69) is 54.8 Å². The molecule has 0 N–H and O–H groups in total. The van der Waals surface area contributed by atoms with Gasteiger partial charge in [-0.2, -0.15) is 0 Å². The number of fused-ring (bicyclic) bond motifs is 1. The Morgan fingerprint density at radius 2 is 1.91 bits per heavy atom. The number of thiazole rings is 1. The third-order valence-corrected chi connectivity index (χ3v) is 7.61. The number of ether oxygens (including phenoxy) is 2. The van der Waals surface area contributed by atoms with Gasteiger partial charge in [-0.25, -0.2) is 4.98 Å². The van der Waals surface area contributed by atoms with Crippen molar-refractivity contribution in [1.82, 2.24) is 4.98 Å². The number of hydrogen-bond acceptors (Lipinski definition) is 6. The monoisotopic (exact) mass is 462 g/mol. The molecule has 0 spiro atoms. The normalized spacial score (nSPS) is 20.3. The van der Waals surface area contributed by atoms with Crippen molar-refractivity contribution in [3.63, 3.8) is 0 Å². The molecule has 5 rings (SSSR count). The fourth-order valence-electron chi connectivity index (χ4n) is 4.84. The number of aromatic nitrogens is 1. The van der Waals surface area contributed by atoms with E-state index in [1.807, 2.05) is 6.92 Å². The molecule has 172 valence electrons. The lowest BCUT2D eigenvalue weighted by molar-refractivity contribution is -0.121. The summed E-state index contributed by atoms with van der Waals surface area (Å²) in [5.41, 5.74) is 5.42. The Bertz CT molecular complexity index is 1160. The first-order chi connectivity index (χ1) is 16.0. The Labute approximate surface area is 199 Å². The fraction of sp³-hybridized carbons (Fsp3) is 0.407. The van der Waals surface area contributed by atoms with E-state index in [0.29, 0.717) is 12.8 Å². The predicted molar refractivity (Wildman–Crippen MR) is 134 cm³/mol. The van der Waals surface area contributed by atoms with Gasteiger partial charge < -0.3 is 14.4 Å². The van der Waals surface area contributed by atoms with Gasteiger partial charge in [0.25, 0.3) is 0 Å². The van der Waals surface area contributed by atoms with Gasteiger partial charge in [0.1, 0.15) is 11.5 Å². The standard InChI is InChI=1S/C27H30N2O3S/c1-17-12-21(14-24(30)13-17)18(2)32-26-16-22(15-25-27(26)33-19(3)28-25)20-4-6-23(7-5-20)29-8-10-31-11-9-29/h4-7,15-16,18,21H,1,8-14H2,2-3H3/t18-,21+/m1/s1. The second-order valence-corrected chi connectivity index (χ2v) is 10.4. The Hall–Kier alpha value is -2.70. The maximum Gasteiger partial charge on any atom is 0.139 e. The summed E-state index contributed by atoms with van der Waals surface area (Å²) in [6, 6.07) is 13.0. The number of carbonyl (C=O) groups is 1. The van der Waals surface area contributed by atoms with Gasteiger partial charge in [0, 0.05) is 37.5 Å². The number of anilines is 1. The molecule has 2 fully saturated rings. The summed E-state index contributed by atoms with van der Waals surface area (Å²) in [5.74, 6) is 1.28. The van der Waals surface area contributed by atoms with Crippen LogP contribution in [-0.4, -0.2) is 43.2 Å². The topological polar surface area (TPSA) is 51.7 Å². The van der Waals surface area contributed by atoms with Gasteiger partial charge >= 0.3 is 0 Å². The summed E-state index contributed by atoms with van der Waals surface area (Å²) in [6.07, 6.45) is 1.85. The van der Waals surface area contributed by atoms with Gasteiger partial charge in [-0.3, -0.25) is 4.79 Å². The maximum atomic E-state index is 12.1. The quantitative estimate of drug-likeness (QED) is 0.449. The maximum absolute atomic E-state index is 12.1. The summed E-state index contributed by atoms with van der Waals surface area (Å²) in [5, 5.41) is 1.02. The molecule has 33 heavy (non-hydrogen) atoms. The highest BCUT2D eigenvalue weighted by Gasteiger charge is 2.28. The van der Waals surface area contributed by atoms with Crippen LogP contribution in [0.15, 0.2) is 48.6 Å². The highest BCUT2D eigenvalue weighted by Crippen LogP contribution is 2.38. The van der Waals surface area contributed by atoms with Crippen molar-refractivity contribution in [3.05, 3.63) is 53.6 Å². The van der Waals surface area contributed by atoms with Gasteiger partial charge in [-0.15, -0.1) is 11.3 Å². The molecule has 1 aromatic heterocycles. The van der Waals surface area contributed by atoms with Crippen LogP contribution in [0.3, 0.4) is 0 Å². The summed E-state index contributed by atoms with van der Waals surface area (Å²) in [6.45, 7) is 11.6. The second kappa shape index (κ2) is 9.27. The van der Waals surface area contributed by atoms with Crippen molar-refractivity contribution in [2.24, 2.45) is 5.92 Å². The van der Waals surface area contributed by atoms with Crippen molar-refractivity contribution >= 4 is 33.0 Å². The molecule has 0 unspecified atom stereocenters. The summed E-state index contributed by atoms with van der Waals surface area (Å²) >= 11 is 1.65. The number of Topliss-reactive ketones (excluding diaryl/α,β-unsaturated/α-hetero) is 1. The zero-order valence-electron chi connectivity index (χ0n) is 19.3. The Balaban J connectivity index is 1.43. The molecule has 3 aromatic rings. The van der Waals surface area contributed by atoms with Crippen molar-refractivity contribution < 1.29 is 14.3 Å². The summed E-state index contributed by atoms with van der Waals surface area (Å²) < 4.78 is 13.0. The van der Waals surface area contributed by atoms with Crippen LogP contribution in [-0.2, 0) is 9.53 Å². The lowest BCUT2D eigenvalue weighted by Crippen LogP contribution is -2.36. The van der Waals surface area contributed by atoms with Gasteiger partial charge in [-0.1, -0.05) is 24.3 Å². The van der Waals surface area contributed by atoms with E-state index in [9.17, 15) is 4.79 Å². The number of allylic oxidation sites excluding steroid dienone is 1. The van der Waals surface area contributed by atoms with Crippen LogP contribution in [0.4, 0.5) is 5.69 Å². The Morgan fingerprint density at radius 1 is 1.15 bits per heavy atom. The van der Waals surface area contributed by atoms with E-state index in [0.717, 1.165) is 70.4 Å². The van der Waals surface area contributed by atoms with Crippen LogP contribution in [0.1, 0.15) is 31.2 Å². The molecule has 0 bridgehead atoms. The molecule has 1 saturated heterocycles. The molecule has 1 saturated carbocycles. The molecule has 5 nitrogen and oxygen atoms in total. The molecule has 6 heteroatoms. The number of aryl methyl sites for hydroxylation is 1. The molecule has 0 radical (unpaired) electrons. The molecule has 0 amide bonds. The molecule has 2 atom stereocenters. The first-order valence-corrected chi connectivity index (χ1v) is 12.5. The van der Waals surface area contributed by atoms with E-state index < -0.39 is 0 Å². The SMILES string of the molecule is C=C1CC(=O)C[C@@H]([C@@H](C)Oc2cc(-c3ccc(N4CCOCC4)cc3)cc3nc(C)sc23)C1. The lowest BCUT2D eigenvalue weighted by atomic mass is 9.82. The molecule has 2 aliphatic rings. The van der Waals surface area contributed by atoms with Crippen LogP contribution in [0.25, 0.3) is 21.3 Å². The predicted octanol–water partition coefficient (Wildman–Crippen LogP) is 5.80. The minimum absolute atomic E-state index is 0.0736. The van der Waals surface area contributed by atoms with Gasteiger partial charge in [-0.05, 0) is 55.7 Å². The average Bonchev–Trinajstić information content (AvgIpc) is 3.19. The molecular weight excluding hydrogens is 432 g/mol. The minimum Gasteiger partial charge on any atom is -0.489 e. The van der Waals surface area contributed by atoms with Gasteiger partial charge in [0.05, 0.1) is 34.5 Å². The number of ketones is 1. The number of morpholine rings is 1. The van der Waals surface area contributed by atoms with Crippen molar-refractivity contribution in [2.75, 3.05) is 31.2 Å². The smallest absolute Gasteiger partial charge is 0.139 e. The first-order valence-electron chi connectivity index (χ1n) is 11.7. The van der Waals surface area contributed by atoms with E-state index in [-0.39, 0.29) is 17.8 Å². The lowest BCUT2D eigenvalue weighted by Gasteiger charge is -2.29. The van der Waals surface area contributed by atoms with E-state index >= 15 is 0 Å². The number of rotatable bonds is 5. The van der Waals surface area contributed by atoms with E-state index in [4.69, 9.17) is 14.5 Å². The van der Waals surface area contributed by atoms with Crippen LogP contribution < -0.4 is 9.64 Å². The highest BCUT2D eigenvalue weighted by atomic mass is 32.1. The van der Waals surface area contributed by atoms with Gasteiger partial charge in [0.2, 0.25) is 0 Å². The summed E-state index contributed by atoms with van der Waals surface area (Å²) in [7, 11) is 0. The average molecular weight is 463 g/mol. The third-order valence-electron chi connectivity index (χ3n) is 6.60. The molecule has 2 aromatic carbocycles. The van der Waals surface area contributed by atoms with Crippen LogP contribution in [0, 0.1) is 12.8 Å². The Kier molecular flexibility index (Phi) is 6.21. The second-order valence-electron chi connectivity index (χ2n) is 9.16.